The zero-order valence-electron chi connectivity index (χ0n) is 12.1. The Morgan fingerprint density at radius 1 is 1.38 bits per heavy atom. The first-order chi connectivity index (χ1) is 10.2. The Bertz CT molecular complexity index is 613. The van der Waals surface area contributed by atoms with Crippen molar-refractivity contribution < 1.29 is 9.32 Å². The molecule has 0 spiro atoms. The zero-order valence-corrected chi connectivity index (χ0v) is 12.1. The fraction of sp³-hybridized carbons (Fsp3) is 0.375. The SMILES string of the molecule is Cc1ccc(-c2cc(C(=O)NC3CCCNC3)on2)cc1. The van der Waals surface area contributed by atoms with Gasteiger partial charge in [0.1, 0.15) is 5.69 Å². The van der Waals surface area contributed by atoms with Crippen molar-refractivity contribution in [2.45, 2.75) is 25.8 Å². The molecule has 0 aliphatic carbocycles. The molecule has 1 aromatic carbocycles. The number of aromatic nitrogens is 1. The Balaban J connectivity index is 1.69. The molecule has 3 rings (SSSR count). The van der Waals surface area contributed by atoms with Crippen LogP contribution in [0.4, 0.5) is 0 Å². The van der Waals surface area contributed by atoms with Gasteiger partial charge in [0.05, 0.1) is 0 Å². The van der Waals surface area contributed by atoms with Gasteiger partial charge in [-0.1, -0.05) is 35.0 Å². The van der Waals surface area contributed by atoms with Gasteiger partial charge in [0, 0.05) is 24.2 Å². The minimum Gasteiger partial charge on any atom is -0.350 e. The van der Waals surface area contributed by atoms with Crippen molar-refractivity contribution in [3.8, 4) is 11.3 Å². The maximum atomic E-state index is 12.1. The lowest BCUT2D eigenvalue weighted by molar-refractivity contribution is 0.0893. The fourth-order valence-electron chi connectivity index (χ4n) is 2.47. The summed E-state index contributed by atoms with van der Waals surface area (Å²) in [5, 5.41) is 10.2. The first-order valence-corrected chi connectivity index (χ1v) is 7.28. The number of hydrogen-bond donors (Lipinski definition) is 2. The second kappa shape index (κ2) is 6.10. The van der Waals surface area contributed by atoms with Crippen molar-refractivity contribution in [1.82, 2.24) is 15.8 Å². The van der Waals surface area contributed by atoms with E-state index in [1.165, 1.54) is 5.56 Å². The van der Waals surface area contributed by atoms with Crippen molar-refractivity contribution in [1.29, 1.82) is 0 Å². The molecule has 2 N–H and O–H groups in total. The average Bonchev–Trinajstić information content (AvgIpc) is 2.99. The molecule has 5 heteroatoms. The summed E-state index contributed by atoms with van der Waals surface area (Å²) in [6.45, 7) is 3.86. The fourth-order valence-corrected chi connectivity index (χ4v) is 2.47. The Kier molecular flexibility index (Phi) is 4.01. The highest BCUT2D eigenvalue weighted by atomic mass is 16.5. The molecule has 1 unspecified atom stereocenters. The summed E-state index contributed by atoms with van der Waals surface area (Å²) in [5.74, 6) is 0.0608. The summed E-state index contributed by atoms with van der Waals surface area (Å²) < 4.78 is 5.17. The molecule has 1 aromatic heterocycles. The third-order valence-corrected chi connectivity index (χ3v) is 3.71. The van der Waals surface area contributed by atoms with Gasteiger partial charge >= 0.3 is 0 Å². The van der Waals surface area contributed by atoms with E-state index in [-0.39, 0.29) is 17.7 Å². The van der Waals surface area contributed by atoms with Crippen molar-refractivity contribution in [2.75, 3.05) is 13.1 Å². The second-order valence-corrected chi connectivity index (χ2v) is 5.46. The molecule has 0 bridgehead atoms. The summed E-state index contributed by atoms with van der Waals surface area (Å²) in [5.41, 5.74) is 2.81. The molecule has 1 aliphatic heterocycles. The van der Waals surface area contributed by atoms with Crippen LogP contribution in [0, 0.1) is 6.92 Å². The molecular formula is C16H19N3O2. The van der Waals surface area contributed by atoms with E-state index in [1.54, 1.807) is 6.07 Å². The molecule has 1 fully saturated rings. The van der Waals surface area contributed by atoms with Gasteiger partial charge in [0.25, 0.3) is 5.91 Å². The molecule has 1 atom stereocenters. The smallest absolute Gasteiger partial charge is 0.290 e. The van der Waals surface area contributed by atoms with Crippen LogP contribution in [0.2, 0.25) is 0 Å². The maximum Gasteiger partial charge on any atom is 0.290 e. The second-order valence-electron chi connectivity index (χ2n) is 5.46. The van der Waals surface area contributed by atoms with E-state index in [1.807, 2.05) is 31.2 Å². The van der Waals surface area contributed by atoms with Crippen LogP contribution >= 0.6 is 0 Å². The van der Waals surface area contributed by atoms with Gasteiger partial charge in [-0.3, -0.25) is 4.79 Å². The normalized spacial score (nSPS) is 18.4. The molecule has 1 aliphatic rings. The van der Waals surface area contributed by atoms with Crippen LogP contribution < -0.4 is 10.6 Å². The minimum absolute atomic E-state index is 0.166. The lowest BCUT2D eigenvalue weighted by Crippen LogP contribution is -2.45. The highest BCUT2D eigenvalue weighted by molar-refractivity contribution is 5.92. The number of carbonyl (C=O) groups is 1. The van der Waals surface area contributed by atoms with E-state index in [2.05, 4.69) is 15.8 Å². The average molecular weight is 285 g/mol. The first kappa shape index (κ1) is 13.8. The number of amides is 1. The number of nitrogens with one attached hydrogen (secondary N) is 2. The monoisotopic (exact) mass is 285 g/mol. The maximum absolute atomic E-state index is 12.1. The van der Waals surface area contributed by atoms with Gasteiger partial charge in [0.2, 0.25) is 5.76 Å². The van der Waals surface area contributed by atoms with Crippen LogP contribution in [0.15, 0.2) is 34.9 Å². The van der Waals surface area contributed by atoms with Crippen LogP contribution in [0.25, 0.3) is 11.3 Å². The summed E-state index contributed by atoms with van der Waals surface area (Å²) in [6, 6.07) is 9.82. The molecule has 0 radical (unpaired) electrons. The van der Waals surface area contributed by atoms with Gasteiger partial charge in [-0.15, -0.1) is 0 Å². The molecule has 110 valence electrons. The highest BCUT2D eigenvalue weighted by Gasteiger charge is 2.19. The van der Waals surface area contributed by atoms with Crippen LogP contribution in [0.5, 0.6) is 0 Å². The standard InChI is InChI=1S/C16H19N3O2/c1-11-4-6-12(7-5-11)14-9-15(21-19-14)16(20)18-13-3-2-8-17-10-13/h4-7,9,13,17H,2-3,8,10H2,1H3,(H,18,20). The van der Waals surface area contributed by atoms with E-state index in [0.717, 1.165) is 31.5 Å². The Labute approximate surface area is 123 Å². The summed E-state index contributed by atoms with van der Waals surface area (Å²) >= 11 is 0. The molecule has 0 saturated carbocycles. The number of piperidine rings is 1. The zero-order chi connectivity index (χ0) is 14.7. The summed E-state index contributed by atoms with van der Waals surface area (Å²) in [4.78, 5) is 12.1. The topological polar surface area (TPSA) is 67.2 Å². The lowest BCUT2D eigenvalue weighted by Gasteiger charge is -2.23. The highest BCUT2D eigenvalue weighted by Crippen LogP contribution is 2.19. The quantitative estimate of drug-likeness (QED) is 0.906. The number of nitrogens with zero attached hydrogens (tertiary/aromatic N) is 1. The van der Waals surface area contributed by atoms with Gasteiger partial charge in [-0.25, -0.2) is 0 Å². The molecule has 5 nitrogen and oxygen atoms in total. The molecule has 2 heterocycles. The lowest BCUT2D eigenvalue weighted by atomic mass is 10.1. The van der Waals surface area contributed by atoms with Gasteiger partial charge < -0.3 is 15.2 Å². The van der Waals surface area contributed by atoms with Gasteiger partial charge in [-0.2, -0.15) is 0 Å². The van der Waals surface area contributed by atoms with Crippen LogP contribution in [-0.2, 0) is 0 Å². The number of aryl methyl sites for hydroxylation is 1. The predicted octanol–water partition coefficient (Wildman–Crippen LogP) is 2.13. The number of carbonyl (C=O) groups excluding carboxylic acids is 1. The minimum atomic E-state index is -0.199. The molecule has 21 heavy (non-hydrogen) atoms. The number of benzene rings is 1. The van der Waals surface area contributed by atoms with Gasteiger partial charge in [0.15, 0.2) is 0 Å². The molecule has 2 aromatic rings. The van der Waals surface area contributed by atoms with E-state index in [9.17, 15) is 4.79 Å². The number of rotatable bonds is 3. The largest absolute Gasteiger partial charge is 0.350 e. The predicted molar refractivity (Wildman–Crippen MR) is 80.0 cm³/mol. The van der Waals surface area contributed by atoms with E-state index in [0.29, 0.717) is 5.69 Å². The Morgan fingerprint density at radius 2 is 2.19 bits per heavy atom. The third-order valence-electron chi connectivity index (χ3n) is 3.71. The van der Waals surface area contributed by atoms with Gasteiger partial charge in [-0.05, 0) is 26.3 Å². The van der Waals surface area contributed by atoms with Crippen LogP contribution in [0.1, 0.15) is 29.0 Å². The van der Waals surface area contributed by atoms with E-state index < -0.39 is 0 Å². The van der Waals surface area contributed by atoms with Crippen molar-refractivity contribution >= 4 is 5.91 Å². The third kappa shape index (κ3) is 3.31. The van der Waals surface area contributed by atoms with Crippen molar-refractivity contribution in [3.63, 3.8) is 0 Å². The summed E-state index contributed by atoms with van der Waals surface area (Å²) in [6.07, 6.45) is 2.08. The van der Waals surface area contributed by atoms with Crippen LogP contribution in [-0.4, -0.2) is 30.2 Å². The van der Waals surface area contributed by atoms with Crippen molar-refractivity contribution in [2.24, 2.45) is 0 Å². The first-order valence-electron chi connectivity index (χ1n) is 7.28. The van der Waals surface area contributed by atoms with Crippen molar-refractivity contribution in [3.05, 3.63) is 41.7 Å². The number of hydrogen-bond acceptors (Lipinski definition) is 4. The Hall–Kier alpha value is -2.14. The van der Waals surface area contributed by atoms with Crippen LogP contribution in [0.3, 0.4) is 0 Å². The summed E-state index contributed by atoms with van der Waals surface area (Å²) in [7, 11) is 0. The molecule has 1 amide bonds. The van der Waals surface area contributed by atoms with E-state index >= 15 is 0 Å². The van der Waals surface area contributed by atoms with E-state index in [4.69, 9.17) is 4.52 Å². The molecular weight excluding hydrogens is 266 g/mol. The molecule has 1 saturated heterocycles. The Morgan fingerprint density at radius 3 is 2.90 bits per heavy atom.